The zero-order valence-electron chi connectivity index (χ0n) is 12.8. The fourth-order valence-electron chi connectivity index (χ4n) is 2.62. The third kappa shape index (κ3) is 2.74. The van der Waals surface area contributed by atoms with Gasteiger partial charge in [-0.25, -0.2) is 9.38 Å². The highest BCUT2D eigenvalue weighted by Gasteiger charge is 2.11. The molecule has 124 valence electrons. The van der Waals surface area contributed by atoms with Crippen molar-refractivity contribution in [2.24, 2.45) is 0 Å². The number of imidazole rings is 1. The Morgan fingerprint density at radius 3 is 2.80 bits per heavy atom. The van der Waals surface area contributed by atoms with E-state index in [1.165, 1.54) is 11.3 Å². The number of carboxylic acid groups (broad SMARTS) is 1. The number of benzene rings is 2. The highest BCUT2D eigenvalue weighted by molar-refractivity contribution is 7.15. The van der Waals surface area contributed by atoms with Gasteiger partial charge >= 0.3 is 0 Å². The monoisotopic (exact) mass is 351 g/mol. The van der Waals surface area contributed by atoms with Gasteiger partial charge in [-0.2, -0.15) is 0 Å². The van der Waals surface area contributed by atoms with Crippen molar-refractivity contribution in [2.75, 3.05) is 6.61 Å². The molecule has 0 fully saturated rings. The van der Waals surface area contributed by atoms with E-state index >= 15 is 0 Å². The zero-order valence-corrected chi connectivity index (χ0v) is 13.7. The maximum atomic E-state index is 12.7. The standard InChI is InChI=1S/C18H12N2O4S/c21-16(22)10-24-14-8-4-1-5-11(14)9-15-17(23)20-13-7-3-2-6-12(13)19-18(20)25-15/h1-9H,10H2,(H,21,22)/p-1/b15-9+. The Morgan fingerprint density at radius 1 is 1.20 bits per heavy atom. The number of ether oxygens (including phenoxy) is 1. The molecule has 0 bridgehead atoms. The first-order valence-electron chi connectivity index (χ1n) is 7.47. The van der Waals surface area contributed by atoms with E-state index in [-0.39, 0.29) is 5.56 Å². The van der Waals surface area contributed by atoms with E-state index in [4.69, 9.17) is 4.74 Å². The molecule has 0 atom stereocenters. The first kappa shape index (κ1) is 15.3. The number of aromatic nitrogens is 2. The number of carbonyl (C=O) groups is 1. The van der Waals surface area contributed by atoms with Gasteiger partial charge in [0.2, 0.25) is 0 Å². The lowest BCUT2D eigenvalue weighted by Crippen LogP contribution is -2.29. The molecule has 2 heterocycles. The van der Waals surface area contributed by atoms with Crippen molar-refractivity contribution in [1.82, 2.24) is 9.38 Å². The van der Waals surface area contributed by atoms with Crippen LogP contribution in [0.3, 0.4) is 0 Å². The van der Waals surface area contributed by atoms with Crippen molar-refractivity contribution in [3.05, 3.63) is 69.0 Å². The summed E-state index contributed by atoms with van der Waals surface area (Å²) in [6.45, 7) is -0.548. The molecular weight excluding hydrogens is 340 g/mol. The van der Waals surface area contributed by atoms with E-state index in [0.717, 1.165) is 11.0 Å². The van der Waals surface area contributed by atoms with Crippen LogP contribution in [0, 0.1) is 0 Å². The van der Waals surface area contributed by atoms with Crippen LogP contribution in [0.25, 0.3) is 22.1 Å². The minimum Gasteiger partial charge on any atom is -0.546 e. The molecule has 0 saturated heterocycles. The summed E-state index contributed by atoms with van der Waals surface area (Å²) in [4.78, 5) is 28.4. The van der Waals surface area contributed by atoms with Gasteiger partial charge in [-0.3, -0.25) is 4.79 Å². The first-order chi connectivity index (χ1) is 12.1. The van der Waals surface area contributed by atoms with Crippen LogP contribution in [0.2, 0.25) is 0 Å². The van der Waals surface area contributed by atoms with Crippen LogP contribution in [-0.4, -0.2) is 22.0 Å². The third-order valence-electron chi connectivity index (χ3n) is 3.70. The van der Waals surface area contributed by atoms with Crippen molar-refractivity contribution >= 4 is 39.4 Å². The van der Waals surface area contributed by atoms with Crippen molar-refractivity contribution in [1.29, 1.82) is 0 Å². The van der Waals surface area contributed by atoms with Crippen LogP contribution < -0.4 is 19.9 Å². The Labute approximate surface area is 145 Å². The van der Waals surface area contributed by atoms with Crippen molar-refractivity contribution in [3.63, 3.8) is 0 Å². The number of fused-ring (bicyclic) bond motifs is 3. The maximum Gasteiger partial charge on any atom is 0.274 e. The van der Waals surface area contributed by atoms with Gasteiger partial charge < -0.3 is 14.6 Å². The van der Waals surface area contributed by atoms with Crippen LogP contribution in [0.4, 0.5) is 0 Å². The minimum atomic E-state index is -1.31. The molecule has 7 heteroatoms. The largest absolute Gasteiger partial charge is 0.546 e. The molecule has 4 rings (SSSR count). The molecule has 0 spiro atoms. The summed E-state index contributed by atoms with van der Waals surface area (Å²) in [6, 6.07) is 14.4. The smallest absolute Gasteiger partial charge is 0.274 e. The molecular formula is C18H11N2O4S-. The van der Waals surface area contributed by atoms with Crippen molar-refractivity contribution < 1.29 is 14.6 Å². The summed E-state index contributed by atoms with van der Waals surface area (Å²) in [7, 11) is 0. The Hall–Kier alpha value is -3.19. The molecule has 0 radical (unpaired) electrons. The van der Waals surface area contributed by atoms with Gasteiger partial charge in [-0.05, 0) is 24.3 Å². The Balaban J connectivity index is 1.86. The molecule has 0 N–H and O–H groups in total. The number of carbonyl (C=O) groups excluding carboxylic acids is 1. The van der Waals surface area contributed by atoms with E-state index in [0.29, 0.717) is 20.8 Å². The van der Waals surface area contributed by atoms with E-state index in [1.54, 1.807) is 34.7 Å². The van der Waals surface area contributed by atoms with Gasteiger partial charge in [0, 0.05) is 5.56 Å². The number of carboxylic acids is 1. The zero-order chi connectivity index (χ0) is 17.4. The minimum absolute atomic E-state index is 0.164. The number of rotatable bonds is 4. The normalized spacial score (nSPS) is 12.1. The van der Waals surface area contributed by atoms with Crippen LogP contribution in [0.15, 0.2) is 53.3 Å². The van der Waals surface area contributed by atoms with Gasteiger partial charge in [0.15, 0.2) is 4.96 Å². The highest BCUT2D eigenvalue weighted by atomic mass is 32.1. The van der Waals surface area contributed by atoms with Crippen LogP contribution in [0.1, 0.15) is 5.56 Å². The van der Waals surface area contributed by atoms with E-state index < -0.39 is 12.6 Å². The molecule has 0 unspecified atom stereocenters. The molecule has 0 saturated carbocycles. The summed E-state index contributed by atoms with van der Waals surface area (Å²) in [5.74, 6) is -0.928. The fraction of sp³-hybridized carbons (Fsp3) is 0.0556. The molecule has 2 aromatic heterocycles. The second-order valence-corrected chi connectivity index (χ2v) is 6.34. The van der Waals surface area contributed by atoms with Crippen LogP contribution >= 0.6 is 11.3 Å². The van der Waals surface area contributed by atoms with Gasteiger partial charge in [-0.1, -0.05) is 41.7 Å². The third-order valence-corrected chi connectivity index (χ3v) is 4.67. The predicted molar refractivity (Wildman–Crippen MR) is 92.6 cm³/mol. The molecule has 0 aliphatic rings. The topological polar surface area (TPSA) is 83.7 Å². The Bertz CT molecular complexity index is 1210. The lowest BCUT2D eigenvalue weighted by Gasteiger charge is -2.08. The first-order valence-corrected chi connectivity index (χ1v) is 8.28. The Morgan fingerprint density at radius 2 is 1.96 bits per heavy atom. The summed E-state index contributed by atoms with van der Waals surface area (Å²) in [5, 5.41) is 10.6. The SMILES string of the molecule is O=C([O-])COc1ccccc1/C=c1/sc2nc3ccccc3n2c1=O. The molecule has 0 aliphatic heterocycles. The number of thiazole rings is 1. The summed E-state index contributed by atoms with van der Waals surface area (Å²) in [5.41, 5.74) is 1.99. The Kier molecular flexibility index (Phi) is 3.70. The van der Waals surface area contributed by atoms with Crippen molar-refractivity contribution in [3.8, 4) is 5.75 Å². The van der Waals surface area contributed by atoms with Gasteiger partial charge in [0.1, 0.15) is 12.4 Å². The van der Waals surface area contributed by atoms with Gasteiger partial charge in [0.05, 0.1) is 21.5 Å². The van der Waals surface area contributed by atoms with E-state index in [1.807, 2.05) is 24.3 Å². The lowest BCUT2D eigenvalue weighted by molar-refractivity contribution is -0.307. The second-order valence-electron chi connectivity index (χ2n) is 5.33. The van der Waals surface area contributed by atoms with Gasteiger partial charge in [0.25, 0.3) is 5.56 Å². The quantitative estimate of drug-likeness (QED) is 0.537. The molecule has 25 heavy (non-hydrogen) atoms. The predicted octanol–water partition coefficient (Wildman–Crippen LogP) is 0.586. The van der Waals surface area contributed by atoms with Crippen molar-refractivity contribution in [2.45, 2.75) is 0 Å². The average Bonchev–Trinajstić information content (AvgIpc) is 3.11. The second kappa shape index (κ2) is 6.03. The number of hydrogen-bond acceptors (Lipinski definition) is 6. The molecule has 0 aliphatic carbocycles. The number of para-hydroxylation sites is 3. The van der Waals surface area contributed by atoms with Gasteiger partial charge in [-0.15, -0.1) is 0 Å². The summed E-state index contributed by atoms with van der Waals surface area (Å²) < 4.78 is 7.30. The van der Waals surface area contributed by atoms with Crippen LogP contribution in [-0.2, 0) is 4.79 Å². The molecule has 2 aromatic carbocycles. The van der Waals surface area contributed by atoms with E-state index in [9.17, 15) is 14.7 Å². The molecule has 4 aromatic rings. The number of aliphatic carboxylic acids is 1. The highest BCUT2D eigenvalue weighted by Crippen LogP contribution is 2.19. The maximum absolute atomic E-state index is 12.7. The number of hydrogen-bond donors (Lipinski definition) is 0. The summed E-state index contributed by atoms with van der Waals surface area (Å²) in [6.07, 6.45) is 1.68. The van der Waals surface area contributed by atoms with E-state index in [2.05, 4.69) is 4.98 Å². The summed E-state index contributed by atoms with van der Waals surface area (Å²) >= 11 is 1.28. The average molecular weight is 351 g/mol. The lowest BCUT2D eigenvalue weighted by atomic mass is 10.2. The number of nitrogens with zero attached hydrogens (tertiary/aromatic N) is 2. The van der Waals surface area contributed by atoms with Crippen LogP contribution in [0.5, 0.6) is 5.75 Å². The fourth-order valence-corrected chi connectivity index (χ4v) is 3.60. The molecule has 0 amide bonds. The molecule has 6 nitrogen and oxygen atoms in total.